The number of carbonyl (C=O) groups excluding carboxylic acids is 1. The Bertz CT molecular complexity index is 1500. The zero-order valence-corrected chi connectivity index (χ0v) is 21.6. The average molecular weight is 528 g/mol. The van der Waals surface area contributed by atoms with Crippen molar-refractivity contribution in [3.63, 3.8) is 0 Å². The third kappa shape index (κ3) is 4.80. The van der Waals surface area contributed by atoms with Crippen LogP contribution in [0.5, 0.6) is 0 Å². The van der Waals surface area contributed by atoms with E-state index in [2.05, 4.69) is 6.07 Å². The number of carbonyl (C=O) groups is 1. The van der Waals surface area contributed by atoms with Gasteiger partial charge in [-0.15, -0.1) is 0 Å². The summed E-state index contributed by atoms with van der Waals surface area (Å²) >= 11 is 1.44. The van der Waals surface area contributed by atoms with E-state index in [-0.39, 0.29) is 23.9 Å². The Morgan fingerprint density at radius 3 is 2.72 bits per heavy atom. The molecule has 2 aromatic carbocycles. The lowest BCUT2D eigenvalue weighted by Crippen LogP contribution is -2.46. The van der Waals surface area contributed by atoms with Gasteiger partial charge in [-0.3, -0.25) is 9.69 Å². The van der Waals surface area contributed by atoms with Crippen LogP contribution in [0.4, 0.5) is 9.52 Å². The number of anilines is 1. The first-order valence-electron chi connectivity index (χ1n) is 11.7. The molecule has 0 bridgehead atoms. The van der Waals surface area contributed by atoms with Crippen LogP contribution in [0.15, 0.2) is 64.1 Å². The summed E-state index contributed by atoms with van der Waals surface area (Å²) in [6.07, 6.45) is 2.66. The maximum Gasteiger partial charge on any atom is 0.243 e. The van der Waals surface area contributed by atoms with Gasteiger partial charge in [-0.1, -0.05) is 17.4 Å². The van der Waals surface area contributed by atoms with E-state index < -0.39 is 21.8 Å². The van der Waals surface area contributed by atoms with E-state index in [9.17, 15) is 17.6 Å². The molecule has 0 radical (unpaired) electrons. The second-order valence-corrected chi connectivity index (χ2v) is 12.0. The van der Waals surface area contributed by atoms with Crippen LogP contribution in [0.25, 0.3) is 10.2 Å². The molecule has 0 spiro atoms. The molecule has 3 heterocycles. The van der Waals surface area contributed by atoms with Crippen LogP contribution in [0.1, 0.15) is 29.7 Å². The van der Waals surface area contributed by atoms with Crippen molar-refractivity contribution in [1.82, 2.24) is 9.29 Å². The molecule has 5 rings (SSSR count). The SMILES string of the molecule is Cc1cc(C)c2sc(N(Cc3ccco3)C(=O)C3CCCN(S(=O)(=O)c4ccc(F)cc4)C3)nc2c1. The second kappa shape index (κ2) is 9.76. The first-order valence-corrected chi connectivity index (χ1v) is 14.0. The highest BCUT2D eigenvalue weighted by molar-refractivity contribution is 7.89. The number of hydrogen-bond acceptors (Lipinski definition) is 6. The van der Waals surface area contributed by atoms with Crippen LogP contribution in [0.3, 0.4) is 0 Å². The smallest absolute Gasteiger partial charge is 0.243 e. The minimum Gasteiger partial charge on any atom is -0.467 e. The highest BCUT2D eigenvalue weighted by Crippen LogP contribution is 2.35. The molecule has 36 heavy (non-hydrogen) atoms. The van der Waals surface area contributed by atoms with E-state index in [0.29, 0.717) is 30.3 Å². The van der Waals surface area contributed by atoms with Gasteiger partial charge in [0.05, 0.1) is 33.8 Å². The Morgan fingerprint density at radius 1 is 1.22 bits per heavy atom. The van der Waals surface area contributed by atoms with Gasteiger partial charge in [-0.05, 0) is 80.3 Å². The lowest BCUT2D eigenvalue weighted by molar-refractivity contribution is -0.123. The van der Waals surface area contributed by atoms with Crippen molar-refractivity contribution in [2.75, 3.05) is 18.0 Å². The van der Waals surface area contributed by atoms with Crippen LogP contribution < -0.4 is 4.90 Å². The number of sulfonamides is 1. The lowest BCUT2D eigenvalue weighted by Gasteiger charge is -2.33. The van der Waals surface area contributed by atoms with Gasteiger partial charge in [0.25, 0.3) is 0 Å². The second-order valence-electron chi connectivity index (χ2n) is 9.09. The van der Waals surface area contributed by atoms with Crippen molar-refractivity contribution in [1.29, 1.82) is 0 Å². The van der Waals surface area contributed by atoms with Crippen LogP contribution in [0, 0.1) is 25.6 Å². The standard InChI is InChI=1S/C26H26FN3O4S2/c1-17-13-18(2)24-23(14-17)28-26(35-24)30(16-21-6-4-12-34-21)25(31)19-5-3-11-29(15-19)36(32,33)22-9-7-20(27)8-10-22/h4,6-10,12-14,19H,3,5,11,15-16H2,1-2H3. The zero-order valence-electron chi connectivity index (χ0n) is 20.0. The number of furan rings is 1. The van der Waals surface area contributed by atoms with Crippen LogP contribution in [0.2, 0.25) is 0 Å². The summed E-state index contributed by atoms with van der Waals surface area (Å²) < 4.78 is 47.6. The fraction of sp³-hybridized carbons (Fsp3) is 0.308. The molecule has 188 valence electrons. The highest BCUT2D eigenvalue weighted by Gasteiger charge is 2.36. The number of halogens is 1. The van der Waals surface area contributed by atoms with Gasteiger partial charge in [-0.2, -0.15) is 4.31 Å². The molecule has 0 saturated carbocycles. The molecule has 10 heteroatoms. The van der Waals surface area contributed by atoms with E-state index in [0.717, 1.165) is 33.5 Å². The molecule has 1 unspecified atom stereocenters. The van der Waals surface area contributed by atoms with Gasteiger partial charge >= 0.3 is 0 Å². The molecule has 2 aromatic heterocycles. The first kappa shape index (κ1) is 24.6. The Labute approximate surface area is 213 Å². The molecule has 1 fully saturated rings. The monoisotopic (exact) mass is 527 g/mol. The number of aryl methyl sites for hydroxylation is 2. The number of piperidine rings is 1. The average Bonchev–Trinajstić information content (AvgIpc) is 3.52. The van der Waals surface area contributed by atoms with E-state index in [1.807, 2.05) is 19.9 Å². The molecule has 1 amide bonds. The van der Waals surface area contributed by atoms with Gasteiger partial charge in [0.15, 0.2) is 5.13 Å². The fourth-order valence-corrected chi connectivity index (χ4v) is 7.16. The van der Waals surface area contributed by atoms with Gasteiger partial charge in [0.2, 0.25) is 15.9 Å². The van der Waals surface area contributed by atoms with Crippen LogP contribution in [-0.2, 0) is 21.4 Å². The quantitative estimate of drug-likeness (QED) is 0.341. The fourth-order valence-electron chi connectivity index (χ4n) is 4.62. The van der Waals surface area contributed by atoms with Crippen molar-refractivity contribution >= 4 is 42.6 Å². The zero-order chi connectivity index (χ0) is 25.4. The molecular formula is C26H26FN3O4S2. The van der Waals surface area contributed by atoms with Crippen molar-refractivity contribution < 1.29 is 22.0 Å². The molecule has 4 aromatic rings. The van der Waals surface area contributed by atoms with Crippen LogP contribution >= 0.6 is 11.3 Å². The summed E-state index contributed by atoms with van der Waals surface area (Å²) in [6.45, 7) is 4.59. The van der Waals surface area contributed by atoms with Gasteiger partial charge in [0, 0.05) is 13.1 Å². The third-order valence-corrected chi connectivity index (χ3v) is 9.49. The molecule has 7 nitrogen and oxygen atoms in total. The lowest BCUT2D eigenvalue weighted by atomic mass is 9.98. The summed E-state index contributed by atoms with van der Waals surface area (Å²) in [6, 6.07) is 12.4. The molecule has 1 aliphatic heterocycles. The predicted octanol–water partition coefficient (Wildman–Crippen LogP) is 5.28. The van der Waals surface area contributed by atoms with Crippen LogP contribution in [-0.4, -0.2) is 36.7 Å². The summed E-state index contributed by atoms with van der Waals surface area (Å²) in [5.41, 5.74) is 3.01. The first-order chi connectivity index (χ1) is 17.2. The van der Waals surface area contributed by atoms with Gasteiger partial charge in [0.1, 0.15) is 11.6 Å². The topological polar surface area (TPSA) is 83.7 Å². The highest BCUT2D eigenvalue weighted by atomic mass is 32.2. The Kier molecular flexibility index (Phi) is 6.67. The van der Waals surface area contributed by atoms with E-state index in [1.54, 1.807) is 23.3 Å². The molecule has 0 aliphatic carbocycles. The van der Waals surface area contributed by atoms with Gasteiger partial charge < -0.3 is 4.42 Å². The van der Waals surface area contributed by atoms with Crippen molar-refractivity contribution in [2.24, 2.45) is 5.92 Å². The maximum absolute atomic E-state index is 13.9. The number of benzene rings is 2. The Hall–Kier alpha value is -3.08. The van der Waals surface area contributed by atoms with E-state index in [1.165, 1.54) is 27.8 Å². The Morgan fingerprint density at radius 2 is 2.00 bits per heavy atom. The molecule has 1 atom stereocenters. The minimum atomic E-state index is -3.85. The number of nitrogens with zero attached hydrogens (tertiary/aromatic N) is 3. The summed E-state index contributed by atoms with van der Waals surface area (Å²) in [5, 5.41) is 0.554. The number of aromatic nitrogens is 1. The largest absolute Gasteiger partial charge is 0.467 e. The van der Waals surface area contributed by atoms with E-state index in [4.69, 9.17) is 9.40 Å². The third-order valence-electron chi connectivity index (χ3n) is 6.38. The van der Waals surface area contributed by atoms with E-state index >= 15 is 0 Å². The summed E-state index contributed by atoms with van der Waals surface area (Å²) in [5.74, 6) is -0.629. The number of thiazole rings is 1. The molecule has 0 N–H and O–H groups in total. The normalized spacial score (nSPS) is 16.9. The number of amides is 1. The molecule has 1 aliphatic rings. The number of fused-ring (bicyclic) bond motifs is 1. The minimum absolute atomic E-state index is 0.0152. The van der Waals surface area contributed by atoms with Crippen molar-refractivity contribution in [3.05, 3.63) is 77.5 Å². The Balaban J connectivity index is 1.45. The van der Waals surface area contributed by atoms with Crippen molar-refractivity contribution in [3.8, 4) is 0 Å². The number of rotatable bonds is 6. The van der Waals surface area contributed by atoms with Crippen molar-refractivity contribution in [2.45, 2.75) is 38.1 Å². The summed E-state index contributed by atoms with van der Waals surface area (Å²) in [4.78, 5) is 20.3. The molecule has 1 saturated heterocycles. The maximum atomic E-state index is 13.9. The summed E-state index contributed by atoms with van der Waals surface area (Å²) in [7, 11) is -3.85. The van der Waals surface area contributed by atoms with Gasteiger partial charge in [-0.25, -0.2) is 17.8 Å². The molecular weight excluding hydrogens is 501 g/mol. The predicted molar refractivity (Wildman–Crippen MR) is 137 cm³/mol. The number of hydrogen-bond donors (Lipinski definition) is 0.